The molecule has 2 aromatic heterocycles. The van der Waals surface area contributed by atoms with Crippen molar-refractivity contribution in [2.45, 2.75) is 44.8 Å². The SMILES string of the molecule is O=C(Cc1ncc2ccc(-c3cncc(CN4CCC(O)CC4)c3)cc2n1)C1CC1. The molecule has 154 valence electrons. The number of Topliss-reactive ketones (excluding diaryl/α,β-unsaturated/α-hetero) is 1. The molecule has 0 spiro atoms. The van der Waals surface area contributed by atoms with E-state index < -0.39 is 0 Å². The van der Waals surface area contributed by atoms with Gasteiger partial charge in [0.05, 0.1) is 18.0 Å². The van der Waals surface area contributed by atoms with Crippen molar-refractivity contribution in [2.24, 2.45) is 5.92 Å². The predicted octanol–water partition coefficient (Wildman–Crippen LogP) is 3.17. The molecule has 1 saturated carbocycles. The molecule has 1 aliphatic carbocycles. The maximum Gasteiger partial charge on any atom is 0.143 e. The van der Waals surface area contributed by atoms with Crippen LogP contribution < -0.4 is 0 Å². The van der Waals surface area contributed by atoms with Crippen LogP contribution in [0.15, 0.2) is 42.9 Å². The molecule has 1 aromatic carbocycles. The van der Waals surface area contributed by atoms with Gasteiger partial charge >= 0.3 is 0 Å². The van der Waals surface area contributed by atoms with Gasteiger partial charge < -0.3 is 5.11 Å². The van der Waals surface area contributed by atoms with E-state index in [-0.39, 0.29) is 17.8 Å². The Morgan fingerprint density at radius 2 is 1.87 bits per heavy atom. The second kappa shape index (κ2) is 8.20. The lowest BCUT2D eigenvalue weighted by Crippen LogP contribution is -2.35. The zero-order chi connectivity index (χ0) is 20.5. The Morgan fingerprint density at radius 1 is 1.03 bits per heavy atom. The fourth-order valence-corrected chi connectivity index (χ4v) is 4.10. The van der Waals surface area contributed by atoms with Gasteiger partial charge in [-0.2, -0.15) is 0 Å². The van der Waals surface area contributed by atoms with Gasteiger partial charge in [-0.05, 0) is 48.9 Å². The smallest absolute Gasteiger partial charge is 0.143 e. The lowest BCUT2D eigenvalue weighted by atomic mass is 10.0. The molecule has 1 N–H and O–H groups in total. The van der Waals surface area contributed by atoms with Crippen LogP contribution in [0.5, 0.6) is 0 Å². The molecule has 3 heterocycles. The summed E-state index contributed by atoms with van der Waals surface area (Å²) in [6.45, 7) is 2.68. The van der Waals surface area contributed by atoms with Crippen molar-refractivity contribution in [1.29, 1.82) is 0 Å². The summed E-state index contributed by atoms with van der Waals surface area (Å²) in [5.74, 6) is 1.09. The molecular formula is C24H26N4O2. The summed E-state index contributed by atoms with van der Waals surface area (Å²) in [5.41, 5.74) is 4.14. The number of rotatable bonds is 6. The van der Waals surface area contributed by atoms with E-state index >= 15 is 0 Å². The predicted molar refractivity (Wildman–Crippen MR) is 115 cm³/mol. The third-order valence-corrected chi connectivity index (χ3v) is 6.09. The molecule has 1 saturated heterocycles. The number of pyridine rings is 1. The number of nitrogens with zero attached hydrogens (tertiary/aromatic N) is 4. The van der Waals surface area contributed by atoms with E-state index in [0.29, 0.717) is 12.2 Å². The van der Waals surface area contributed by atoms with Crippen LogP contribution >= 0.6 is 0 Å². The normalized spacial score (nSPS) is 18.0. The number of ketones is 1. The number of hydrogen-bond acceptors (Lipinski definition) is 6. The minimum Gasteiger partial charge on any atom is -0.393 e. The van der Waals surface area contributed by atoms with Crippen molar-refractivity contribution in [3.63, 3.8) is 0 Å². The summed E-state index contributed by atoms with van der Waals surface area (Å²) in [4.78, 5) is 28.0. The molecule has 0 radical (unpaired) electrons. The number of fused-ring (bicyclic) bond motifs is 1. The minimum atomic E-state index is -0.158. The summed E-state index contributed by atoms with van der Waals surface area (Å²) in [5, 5.41) is 10.7. The van der Waals surface area contributed by atoms with Gasteiger partial charge in [-0.3, -0.25) is 14.7 Å². The van der Waals surface area contributed by atoms with Gasteiger partial charge in [0.25, 0.3) is 0 Å². The van der Waals surface area contributed by atoms with E-state index in [2.05, 4.69) is 38.1 Å². The highest BCUT2D eigenvalue weighted by Crippen LogP contribution is 2.31. The maximum absolute atomic E-state index is 12.1. The Bertz CT molecular complexity index is 1070. The zero-order valence-electron chi connectivity index (χ0n) is 17.0. The third-order valence-electron chi connectivity index (χ3n) is 6.09. The van der Waals surface area contributed by atoms with Gasteiger partial charge in [0.2, 0.25) is 0 Å². The summed E-state index contributed by atoms with van der Waals surface area (Å²) in [7, 11) is 0. The van der Waals surface area contributed by atoms with E-state index in [4.69, 9.17) is 0 Å². The summed E-state index contributed by atoms with van der Waals surface area (Å²) in [6.07, 6.45) is 9.47. The standard InChI is InChI=1S/C24H26N4O2/c29-21-5-7-28(8-6-21)15-16-9-20(13-25-12-16)18-3-4-19-14-26-24(27-22(19)10-18)11-23(30)17-1-2-17/h3-4,9-10,12-14,17,21,29H,1-2,5-8,11,15H2. The van der Waals surface area contributed by atoms with Gasteiger partial charge in [-0.25, -0.2) is 9.97 Å². The van der Waals surface area contributed by atoms with Crippen LogP contribution in [-0.2, 0) is 17.8 Å². The van der Waals surface area contributed by atoms with Gasteiger partial charge in [0.1, 0.15) is 11.6 Å². The molecule has 3 aromatic rings. The van der Waals surface area contributed by atoms with E-state index in [1.807, 2.05) is 18.5 Å². The largest absolute Gasteiger partial charge is 0.393 e. The van der Waals surface area contributed by atoms with Crippen LogP contribution in [0, 0.1) is 5.92 Å². The first-order valence-corrected chi connectivity index (χ1v) is 10.8. The van der Waals surface area contributed by atoms with E-state index in [1.165, 1.54) is 5.56 Å². The highest BCUT2D eigenvalue weighted by Gasteiger charge is 2.29. The summed E-state index contributed by atoms with van der Waals surface area (Å²) < 4.78 is 0. The molecular weight excluding hydrogens is 376 g/mol. The van der Waals surface area contributed by atoms with E-state index in [9.17, 15) is 9.90 Å². The second-order valence-electron chi connectivity index (χ2n) is 8.57. The van der Waals surface area contributed by atoms with Gasteiger partial charge in [-0.1, -0.05) is 12.1 Å². The number of likely N-dealkylation sites (tertiary alicyclic amines) is 1. The first kappa shape index (κ1) is 19.3. The molecule has 6 heteroatoms. The van der Waals surface area contributed by atoms with Crippen molar-refractivity contribution in [1.82, 2.24) is 19.9 Å². The molecule has 2 aliphatic rings. The fourth-order valence-electron chi connectivity index (χ4n) is 4.10. The second-order valence-corrected chi connectivity index (χ2v) is 8.57. The monoisotopic (exact) mass is 402 g/mol. The van der Waals surface area contributed by atoms with Crippen LogP contribution in [0.2, 0.25) is 0 Å². The van der Waals surface area contributed by atoms with Crippen LogP contribution in [0.1, 0.15) is 37.1 Å². The third kappa shape index (κ3) is 4.40. The van der Waals surface area contributed by atoms with Crippen molar-refractivity contribution >= 4 is 16.7 Å². The molecule has 30 heavy (non-hydrogen) atoms. The molecule has 0 bridgehead atoms. The lowest BCUT2D eigenvalue weighted by Gasteiger charge is -2.29. The quantitative estimate of drug-likeness (QED) is 0.682. The molecule has 2 fully saturated rings. The number of aliphatic hydroxyl groups is 1. The minimum absolute atomic E-state index is 0.158. The molecule has 0 atom stereocenters. The van der Waals surface area contributed by atoms with E-state index in [0.717, 1.165) is 67.3 Å². The number of carbonyl (C=O) groups is 1. The average molecular weight is 402 g/mol. The van der Waals surface area contributed by atoms with E-state index in [1.54, 1.807) is 6.20 Å². The lowest BCUT2D eigenvalue weighted by molar-refractivity contribution is -0.119. The fraction of sp³-hybridized carbons (Fsp3) is 0.417. The number of carbonyl (C=O) groups excluding carboxylic acids is 1. The number of aliphatic hydroxyl groups excluding tert-OH is 1. The molecule has 6 nitrogen and oxygen atoms in total. The molecule has 5 rings (SSSR count). The molecule has 1 aliphatic heterocycles. The van der Waals surface area contributed by atoms with Gasteiger partial charge in [-0.15, -0.1) is 0 Å². The Hall–Kier alpha value is -2.70. The number of piperidine rings is 1. The van der Waals surface area contributed by atoms with Crippen LogP contribution in [0.25, 0.3) is 22.0 Å². The number of hydrogen-bond donors (Lipinski definition) is 1. The van der Waals surface area contributed by atoms with Gasteiger partial charge in [0.15, 0.2) is 0 Å². The van der Waals surface area contributed by atoms with Crippen LogP contribution in [0.3, 0.4) is 0 Å². The Balaban J connectivity index is 1.36. The zero-order valence-corrected chi connectivity index (χ0v) is 17.0. The molecule has 0 amide bonds. The van der Waals surface area contributed by atoms with Crippen LogP contribution in [-0.4, -0.2) is 49.9 Å². The summed E-state index contributed by atoms with van der Waals surface area (Å²) in [6, 6.07) is 8.33. The van der Waals surface area contributed by atoms with Crippen molar-refractivity contribution < 1.29 is 9.90 Å². The maximum atomic E-state index is 12.1. The Kier molecular flexibility index (Phi) is 5.27. The summed E-state index contributed by atoms with van der Waals surface area (Å²) >= 11 is 0. The Morgan fingerprint density at radius 3 is 2.67 bits per heavy atom. The number of benzene rings is 1. The number of aromatic nitrogens is 3. The van der Waals surface area contributed by atoms with Gasteiger partial charge in [0, 0.05) is 55.1 Å². The first-order valence-electron chi connectivity index (χ1n) is 10.8. The van der Waals surface area contributed by atoms with Crippen molar-refractivity contribution in [3.05, 3.63) is 54.2 Å². The molecule has 0 unspecified atom stereocenters. The van der Waals surface area contributed by atoms with Crippen LogP contribution in [0.4, 0.5) is 0 Å². The highest BCUT2D eigenvalue weighted by molar-refractivity contribution is 5.86. The topological polar surface area (TPSA) is 79.2 Å². The average Bonchev–Trinajstić information content (AvgIpc) is 3.61. The van der Waals surface area contributed by atoms with Crippen molar-refractivity contribution in [3.8, 4) is 11.1 Å². The Labute approximate surface area is 176 Å². The first-order chi connectivity index (χ1) is 14.6. The van der Waals surface area contributed by atoms with Crippen molar-refractivity contribution in [2.75, 3.05) is 13.1 Å². The highest BCUT2D eigenvalue weighted by atomic mass is 16.3.